The van der Waals surface area contributed by atoms with Crippen molar-refractivity contribution in [3.8, 4) is 0 Å². The van der Waals surface area contributed by atoms with Gasteiger partial charge in [-0.3, -0.25) is 10.3 Å². The third-order valence-corrected chi connectivity index (χ3v) is 7.06. The van der Waals surface area contributed by atoms with Crippen molar-refractivity contribution < 1.29 is 4.39 Å². The summed E-state index contributed by atoms with van der Waals surface area (Å²) in [5.74, 6) is 0.265. The maximum Gasteiger partial charge on any atom is 0.123 e. The van der Waals surface area contributed by atoms with Crippen molar-refractivity contribution in [1.29, 1.82) is 0 Å². The number of fused-ring (bicyclic) bond motifs is 2. The fourth-order valence-corrected chi connectivity index (χ4v) is 5.40. The molecule has 1 spiro atoms. The van der Waals surface area contributed by atoms with Crippen LogP contribution in [0.15, 0.2) is 30.6 Å². The van der Waals surface area contributed by atoms with Crippen LogP contribution in [-0.4, -0.2) is 59.5 Å². The van der Waals surface area contributed by atoms with Gasteiger partial charge in [0.15, 0.2) is 0 Å². The molecule has 6 nitrogen and oxygen atoms in total. The number of nitrogens with one attached hydrogen (secondary N) is 3. The number of likely N-dealkylation sites (N-methyl/N-ethyl adjacent to an activating group) is 1. The summed E-state index contributed by atoms with van der Waals surface area (Å²) in [6, 6.07) is 7.13. The average molecular weight is 385 g/mol. The molecule has 0 aliphatic carbocycles. The van der Waals surface area contributed by atoms with Crippen LogP contribution in [-0.2, 0) is 12.0 Å². The number of nitrogens with zero attached hydrogens (tertiary/aromatic N) is 3. The van der Waals surface area contributed by atoms with Gasteiger partial charge in [-0.15, -0.1) is 0 Å². The first-order chi connectivity index (χ1) is 13.7. The maximum atomic E-state index is 13.7. The molecular weight excluding hydrogens is 355 g/mol. The quantitative estimate of drug-likeness (QED) is 0.753. The second-order valence-electron chi connectivity index (χ2n) is 8.55. The van der Waals surface area contributed by atoms with Crippen molar-refractivity contribution in [1.82, 2.24) is 30.6 Å². The highest BCUT2D eigenvalue weighted by molar-refractivity contribution is 5.26. The van der Waals surface area contributed by atoms with Crippen molar-refractivity contribution in [2.24, 2.45) is 5.92 Å². The number of hydrazine groups is 1. The Labute approximate surface area is 165 Å². The molecule has 150 valence electrons. The van der Waals surface area contributed by atoms with Gasteiger partial charge in [0.2, 0.25) is 0 Å². The van der Waals surface area contributed by atoms with Crippen molar-refractivity contribution in [3.63, 3.8) is 0 Å². The summed E-state index contributed by atoms with van der Waals surface area (Å²) in [7, 11) is 2.25. The summed E-state index contributed by atoms with van der Waals surface area (Å²) >= 11 is 0. The third-order valence-electron chi connectivity index (χ3n) is 7.06. The van der Waals surface area contributed by atoms with Crippen molar-refractivity contribution in [3.05, 3.63) is 53.4 Å². The highest BCUT2D eigenvalue weighted by atomic mass is 19.1. The molecule has 2 unspecified atom stereocenters. The molecule has 0 radical (unpaired) electrons. The van der Waals surface area contributed by atoms with Crippen molar-refractivity contribution in [2.75, 3.05) is 39.8 Å². The Hall–Kier alpha value is -1.80. The lowest BCUT2D eigenvalue weighted by Gasteiger charge is -2.49. The highest BCUT2D eigenvalue weighted by Crippen LogP contribution is 2.41. The Kier molecular flexibility index (Phi) is 4.71. The summed E-state index contributed by atoms with van der Waals surface area (Å²) in [6.07, 6.45) is 5.14. The van der Waals surface area contributed by atoms with Gasteiger partial charge in [0.05, 0.1) is 23.6 Å². The van der Waals surface area contributed by atoms with Gasteiger partial charge in [0.1, 0.15) is 5.82 Å². The molecule has 1 aromatic heterocycles. The minimum absolute atomic E-state index is 0.0816. The fraction of sp³-hybridized carbons (Fsp3) is 0.571. The van der Waals surface area contributed by atoms with E-state index in [-0.39, 0.29) is 17.4 Å². The lowest BCUT2D eigenvalue weighted by Crippen LogP contribution is -2.55. The number of halogens is 1. The number of hydrogen-bond donors (Lipinski definition) is 3. The summed E-state index contributed by atoms with van der Waals surface area (Å²) < 4.78 is 13.7. The molecule has 7 heteroatoms. The smallest absolute Gasteiger partial charge is 0.123 e. The standard InChI is InChI=1S/C21H29FN6/c1-27-8-5-18-20(24-14-23-18)21(27)6-9-28(10-7-21)13-16-12-25-26-19(16)15-3-2-4-17(22)11-15/h2-4,11,14,16,19,25-26H,5-10,12-13H2,1H3,(H,23,24). The molecule has 0 saturated carbocycles. The third kappa shape index (κ3) is 3.06. The normalized spacial score (nSPS) is 27.9. The van der Waals surface area contributed by atoms with Gasteiger partial charge in [-0.05, 0) is 37.6 Å². The number of aromatic amines is 1. The molecule has 2 atom stereocenters. The molecule has 2 saturated heterocycles. The Bertz CT molecular complexity index is 828. The first-order valence-electron chi connectivity index (χ1n) is 10.4. The van der Waals surface area contributed by atoms with Crippen LogP contribution >= 0.6 is 0 Å². The first-order valence-corrected chi connectivity index (χ1v) is 10.4. The molecule has 3 aliphatic rings. The number of benzene rings is 1. The second-order valence-corrected chi connectivity index (χ2v) is 8.55. The molecule has 2 aromatic rings. The van der Waals surface area contributed by atoms with Gasteiger partial charge in [-0.2, -0.15) is 0 Å². The van der Waals surface area contributed by atoms with Crippen LogP contribution in [0.2, 0.25) is 0 Å². The summed E-state index contributed by atoms with van der Waals surface area (Å²) in [4.78, 5) is 13.1. The predicted octanol–water partition coefficient (Wildman–Crippen LogP) is 1.79. The van der Waals surface area contributed by atoms with E-state index in [1.54, 1.807) is 12.1 Å². The Morgan fingerprint density at radius 3 is 2.93 bits per heavy atom. The van der Waals surface area contributed by atoms with Gasteiger partial charge in [0, 0.05) is 50.8 Å². The van der Waals surface area contributed by atoms with E-state index in [4.69, 9.17) is 4.98 Å². The Balaban J connectivity index is 1.27. The van der Waals surface area contributed by atoms with E-state index in [0.29, 0.717) is 5.92 Å². The van der Waals surface area contributed by atoms with Crippen LogP contribution in [0.5, 0.6) is 0 Å². The SMILES string of the molecule is CN1CCc2[nH]cnc2C12CCN(CC1CNNC1c1cccc(F)c1)CC2. The zero-order valence-electron chi connectivity index (χ0n) is 16.4. The molecule has 0 amide bonds. The van der Waals surface area contributed by atoms with Crippen LogP contribution < -0.4 is 10.9 Å². The molecule has 1 aromatic carbocycles. The minimum Gasteiger partial charge on any atom is -0.348 e. The van der Waals surface area contributed by atoms with Gasteiger partial charge in [-0.1, -0.05) is 12.1 Å². The molecule has 28 heavy (non-hydrogen) atoms. The van der Waals surface area contributed by atoms with E-state index in [1.807, 2.05) is 12.4 Å². The van der Waals surface area contributed by atoms with Crippen molar-refractivity contribution in [2.45, 2.75) is 30.8 Å². The molecular formula is C21H29FN6. The average Bonchev–Trinajstić information content (AvgIpc) is 3.36. The van der Waals surface area contributed by atoms with Gasteiger partial charge in [0.25, 0.3) is 0 Å². The molecule has 3 aliphatic heterocycles. The molecule has 2 fully saturated rings. The summed E-state index contributed by atoms with van der Waals surface area (Å²) in [5.41, 5.74) is 10.3. The molecule has 5 rings (SSSR count). The van der Waals surface area contributed by atoms with E-state index < -0.39 is 0 Å². The van der Waals surface area contributed by atoms with E-state index in [2.05, 4.69) is 32.7 Å². The fourth-order valence-electron chi connectivity index (χ4n) is 5.40. The summed E-state index contributed by atoms with van der Waals surface area (Å²) in [6.45, 7) is 5.17. The van der Waals surface area contributed by atoms with Crippen molar-refractivity contribution >= 4 is 0 Å². The Morgan fingerprint density at radius 1 is 1.25 bits per heavy atom. The van der Waals surface area contributed by atoms with E-state index in [9.17, 15) is 4.39 Å². The number of likely N-dealkylation sites (tertiary alicyclic amines) is 1. The van der Waals surface area contributed by atoms with Crippen LogP contribution in [0.1, 0.15) is 35.8 Å². The summed E-state index contributed by atoms with van der Waals surface area (Å²) in [5, 5.41) is 0. The molecule has 0 bridgehead atoms. The number of imidazole rings is 1. The zero-order chi connectivity index (χ0) is 19.1. The van der Waals surface area contributed by atoms with Crippen LogP contribution in [0.3, 0.4) is 0 Å². The van der Waals surface area contributed by atoms with Gasteiger partial charge >= 0.3 is 0 Å². The lowest BCUT2D eigenvalue weighted by atomic mass is 9.79. The number of aromatic nitrogens is 2. The van der Waals surface area contributed by atoms with Crippen LogP contribution in [0.4, 0.5) is 4.39 Å². The second kappa shape index (κ2) is 7.22. The first kappa shape index (κ1) is 18.2. The van der Waals surface area contributed by atoms with E-state index in [0.717, 1.165) is 57.5 Å². The monoisotopic (exact) mass is 384 g/mol. The lowest BCUT2D eigenvalue weighted by molar-refractivity contribution is 0.0199. The van der Waals surface area contributed by atoms with Crippen LogP contribution in [0, 0.1) is 11.7 Å². The van der Waals surface area contributed by atoms with Gasteiger partial charge < -0.3 is 9.88 Å². The Morgan fingerprint density at radius 2 is 2.11 bits per heavy atom. The van der Waals surface area contributed by atoms with E-state index in [1.165, 1.54) is 17.5 Å². The zero-order valence-corrected chi connectivity index (χ0v) is 16.4. The predicted molar refractivity (Wildman–Crippen MR) is 106 cm³/mol. The number of rotatable bonds is 3. The largest absolute Gasteiger partial charge is 0.348 e. The number of piperidine rings is 1. The van der Waals surface area contributed by atoms with Gasteiger partial charge in [-0.25, -0.2) is 14.8 Å². The minimum atomic E-state index is -0.167. The number of hydrogen-bond acceptors (Lipinski definition) is 5. The maximum absolute atomic E-state index is 13.7. The topological polar surface area (TPSA) is 59.2 Å². The number of H-pyrrole nitrogens is 1. The highest BCUT2D eigenvalue weighted by Gasteiger charge is 2.45. The van der Waals surface area contributed by atoms with Crippen LogP contribution in [0.25, 0.3) is 0 Å². The molecule has 4 heterocycles. The molecule has 3 N–H and O–H groups in total. The van der Waals surface area contributed by atoms with E-state index >= 15 is 0 Å².